The maximum absolute atomic E-state index is 11.3. The van der Waals surface area contributed by atoms with Crippen LogP contribution in [0.5, 0.6) is 0 Å². The van der Waals surface area contributed by atoms with Gasteiger partial charge >= 0.3 is 0 Å². The van der Waals surface area contributed by atoms with E-state index in [1.54, 1.807) is 0 Å². The predicted molar refractivity (Wildman–Crippen MR) is 23.6 cm³/mol. The second-order valence-corrected chi connectivity index (χ2v) is 1.49. The lowest BCUT2D eigenvalue weighted by atomic mass is 10.2. The Hall–Kier alpha value is -0.640. The minimum atomic E-state index is -1.31. The molecule has 48 valence electrons. The van der Waals surface area contributed by atoms with Crippen LogP contribution in [0.2, 0.25) is 0 Å². The summed E-state index contributed by atoms with van der Waals surface area (Å²) >= 11 is 0. The highest BCUT2D eigenvalue weighted by Crippen LogP contribution is 1.84. The third-order valence-corrected chi connectivity index (χ3v) is 0.627. The molecule has 2 N–H and O–H groups in total. The van der Waals surface area contributed by atoms with Gasteiger partial charge in [-0.2, -0.15) is 0 Å². The highest BCUT2D eigenvalue weighted by atomic mass is 19.1. The molecule has 0 heterocycles. The molecule has 8 heavy (non-hydrogen) atoms. The summed E-state index contributed by atoms with van der Waals surface area (Å²) in [5, 5.41) is 9.61. The van der Waals surface area contributed by atoms with Crippen LogP contribution in [-0.2, 0) is 4.79 Å². The summed E-state index contributed by atoms with van der Waals surface area (Å²) in [6.45, 7) is -0.812. The number of carbonyl (C=O) groups excluding carboxylic acids is 1. The van der Waals surface area contributed by atoms with Gasteiger partial charge < -0.3 is 15.6 Å². The van der Waals surface area contributed by atoms with Crippen LogP contribution in [0.4, 0.5) is 4.39 Å². The van der Waals surface area contributed by atoms with Crippen LogP contribution < -0.4 is 10.8 Å². The van der Waals surface area contributed by atoms with E-state index < -0.39 is 25.1 Å². The van der Waals surface area contributed by atoms with Crippen molar-refractivity contribution in [3.8, 4) is 0 Å². The van der Waals surface area contributed by atoms with E-state index in [1.807, 2.05) is 0 Å². The number of rotatable bonds is 3. The van der Waals surface area contributed by atoms with Crippen molar-refractivity contribution in [2.45, 2.75) is 12.5 Å². The van der Waals surface area contributed by atoms with Gasteiger partial charge in [-0.25, -0.2) is 4.39 Å². The van der Waals surface area contributed by atoms with Crippen molar-refractivity contribution in [1.29, 1.82) is 0 Å². The summed E-state index contributed by atoms with van der Waals surface area (Å²) in [5.74, 6) is -1.31. The summed E-state index contributed by atoms with van der Waals surface area (Å²) in [5.41, 5.74) is 4.88. The van der Waals surface area contributed by atoms with Gasteiger partial charge in [-0.3, -0.25) is 0 Å². The molecule has 0 bridgehead atoms. The van der Waals surface area contributed by atoms with Crippen LogP contribution in [0.15, 0.2) is 0 Å². The molecule has 4 heteroatoms. The monoisotopic (exact) mass is 120 g/mol. The second kappa shape index (κ2) is 3.37. The lowest BCUT2D eigenvalue weighted by molar-refractivity contribution is -0.306. The van der Waals surface area contributed by atoms with E-state index in [0.29, 0.717) is 0 Å². The van der Waals surface area contributed by atoms with Crippen molar-refractivity contribution in [2.24, 2.45) is 5.73 Å². The Kier molecular flexibility index (Phi) is 3.10. The molecule has 0 radical (unpaired) electrons. The Labute approximate surface area is 46.3 Å². The second-order valence-electron chi connectivity index (χ2n) is 1.49. The molecule has 0 spiro atoms. The van der Waals surface area contributed by atoms with Gasteiger partial charge in [0.2, 0.25) is 0 Å². The highest BCUT2D eigenvalue weighted by molar-refractivity contribution is 5.64. The average Bonchev–Trinajstić information content (AvgIpc) is 1.65. The molecule has 0 rings (SSSR count). The number of nitrogens with two attached hydrogens (primary N) is 1. The molecule has 1 atom stereocenters. The molecular weight excluding hydrogens is 113 g/mol. The molecule has 0 aromatic heterocycles. The molecule has 0 saturated heterocycles. The number of halogens is 1. The first kappa shape index (κ1) is 7.36. The molecule has 3 nitrogen and oxygen atoms in total. The van der Waals surface area contributed by atoms with Crippen molar-refractivity contribution in [3.05, 3.63) is 0 Å². The van der Waals surface area contributed by atoms with Crippen molar-refractivity contribution in [1.82, 2.24) is 0 Å². The molecule has 1 unspecified atom stereocenters. The van der Waals surface area contributed by atoms with Crippen LogP contribution in [0.3, 0.4) is 0 Å². The number of carboxylic acids is 1. The quantitative estimate of drug-likeness (QED) is 0.489. The first-order valence-corrected chi connectivity index (χ1v) is 2.18. The number of carbonyl (C=O) groups is 1. The van der Waals surface area contributed by atoms with Gasteiger partial charge in [-0.05, 0) is 0 Å². The molecule has 0 aliphatic rings. The van der Waals surface area contributed by atoms with Crippen LogP contribution in [-0.4, -0.2) is 18.7 Å². The fourth-order valence-electron chi connectivity index (χ4n) is 0.269. The first-order chi connectivity index (χ1) is 3.66. The van der Waals surface area contributed by atoms with Crippen molar-refractivity contribution in [2.75, 3.05) is 6.67 Å². The molecule has 0 aliphatic heterocycles. The van der Waals surface area contributed by atoms with E-state index in [2.05, 4.69) is 0 Å². The van der Waals surface area contributed by atoms with Crippen molar-refractivity contribution < 1.29 is 14.3 Å². The summed E-state index contributed by atoms with van der Waals surface area (Å²) < 4.78 is 11.3. The Morgan fingerprint density at radius 2 is 2.38 bits per heavy atom. The van der Waals surface area contributed by atoms with E-state index in [0.717, 1.165) is 0 Å². The summed E-state index contributed by atoms with van der Waals surface area (Å²) in [6, 6.07) is -0.903. The van der Waals surface area contributed by atoms with E-state index in [-0.39, 0.29) is 0 Å². The maximum Gasteiger partial charge on any atom is 0.105 e. The molecular formula is C4H7FNO2-. The van der Waals surface area contributed by atoms with Gasteiger partial charge in [0.1, 0.15) is 6.67 Å². The maximum atomic E-state index is 11.3. The summed E-state index contributed by atoms with van der Waals surface area (Å²) in [6.07, 6.45) is -0.406. The zero-order chi connectivity index (χ0) is 6.57. The average molecular weight is 120 g/mol. The Morgan fingerprint density at radius 1 is 1.88 bits per heavy atom. The number of carboxylic acid groups (broad SMARTS) is 1. The van der Waals surface area contributed by atoms with Crippen molar-refractivity contribution >= 4 is 5.97 Å². The molecule has 0 fully saturated rings. The standard InChI is InChI=1S/C4H8FNO2/c5-2-3(6)1-4(7)8/h3H,1-2,6H2,(H,7,8)/p-1. The minimum absolute atomic E-state index is 0.406. The van der Waals surface area contributed by atoms with E-state index in [9.17, 15) is 14.3 Å². The third-order valence-electron chi connectivity index (χ3n) is 0.627. The van der Waals surface area contributed by atoms with Gasteiger partial charge in [0.15, 0.2) is 0 Å². The lowest BCUT2D eigenvalue weighted by Gasteiger charge is -2.05. The van der Waals surface area contributed by atoms with E-state index in [1.165, 1.54) is 0 Å². The zero-order valence-corrected chi connectivity index (χ0v) is 4.26. The summed E-state index contributed by atoms with van der Waals surface area (Å²) in [4.78, 5) is 9.61. The van der Waals surface area contributed by atoms with Crippen LogP contribution >= 0.6 is 0 Å². The zero-order valence-electron chi connectivity index (χ0n) is 4.26. The van der Waals surface area contributed by atoms with Gasteiger partial charge in [0, 0.05) is 18.4 Å². The lowest BCUT2D eigenvalue weighted by Crippen LogP contribution is -2.33. The topological polar surface area (TPSA) is 66.2 Å². The van der Waals surface area contributed by atoms with Crippen molar-refractivity contribution in [3.63, 3.8) is 0 Å². The van der Waals surface area contributed by atoms with Crippen LogP contribution in [0, 0.1) is 0 Å². The Balaban J connectivity index is 3.24. The van der Waals surface area contributed by atoms with E-state index in [4.69, 9.17) is 5.73 Å². The number of hydrogen-bond donors (Lipinski definition) is 1. The third kappa shape index (κ3) is 3.55. The highest BCUT2D eigenvalue weighted by Gasteiger charge is 1.98. The molecule has 0 aliphatic carbocycles. The van der Waals surface area contributed by atoms with Gasteiger partial charge in [-0.15, -0.1) is 0 Å². The molecule has 0 aromatic rings. The predicted octanol–water partition coefficient (Wildman–Crippen LogP) is -1.58. The largest absolute Gasteiger partial charge is 0.550 e. The minimum Gasteiger partial charge on any atom is -0.550 e. The van der Waals surface area contributed by atoms with Gasteiger partial charge in [0.05, 0.1) is 0 Å². The molecule has 0 amide bonds. The van der Waals surface area contributed by atoms with Crippen LogP contribution in [0.1, 0.15) is 6.42 Å². The number of hydrogen-bond acceptors (Lipinski definition) is 3. The molecule has 0 aromatic carbocycles. The Bertz CT molecular complexity index is 86.1. The summed E-state index contributed by atoms with van der Waals surface area (Å²) in [7, 11) is 0. The first-order valence-electron chi connectivity index (χ1n) is 2.18. The SMILES string of the molecule is NC(CF)CC(=O)[O-]. The number of aliphatic carboxylic acids is 1. The fraction of sp³-hybridized carbons (Fsp3) is 0.750. The van der Waals surface area contributed by atoms with Crippen LogP contribution in [0.25, 0.3) is 0 Å². The van der Waals surface area contributed by atoms with Gasteiger partial charge in [-0.1, -0.05) is 0 Å². The fourth-order valence-corrected chi connectivity index (χ4v) is 0.269. The molecule has 0 saturated carbocycles. The number of alkyl halides is 1. The Morgan fingerprint density at radius 3 is 2.50 bits per heavy atom. The normalized spacial score (nSPS) is 13.2. The van der Waals surface area contributed by atoms with E-state index >= 15 is 0 Å². The van der Waals surface area contributed by atoms with Gasteiger partial charge in [0.25, 0.3) is 0 Å². The smallest absolute Gasteiger partial charge is 0.105 e.